The Morgan fingerprint density at radius 1 is 0.329 bits per heavy atom. The normalized spacial score (nSPS) is 12.4. The van der Waals surface area contributed by atoms with Gasteiger partial charge >= 0.3 is 5.97 Å². The highest BCUT2D eigenvalue weighted by molar-refractivity contribution is 5.76. The summed E-state index contributed by atoms with van der Waals surface area (Å²) in [6.07, 6.45) is 75.8. The molecule has 0 aliphatic rings. The van der Waals surface area contributed by atoms with E-state index in [1.165, 1.54) is 321 Å². The first-order valence-electron chi connectivity index (χ1n) is 33.8. The van der Waals surface area contributed by atoms with Crippen LogP contribution in [0.25, 0.3) is 0 Å². The average molecular weight is 1030 g/mol. The van der Waals surface area contributed by atoms with Gasteiger partial charge in [-0.3, -0.25) is 9.59 Å². The Bertz CT molecular complexity index is 1050. The molecule has 0 radical (unpaired) electrons. The van der Waals surface area contributed by atoms with E-state index in [2.05, 4.69) is 19.2 Å². The molecule has 73 heavy (non-hydrogen) atoms. The standard InChI is InChI=1S/C67H133NO5/c1-3-5-7-9-11-13-15-36-39-43-47-51-55-59-65(70)64(63-69)68-66(71)60-56-52-48-44-40-37-34-32-30-28-26-24-22-20-18-17-19-21-23-25-27-29-31-33-35-38-42-46-50-54-58-62-73-67(72)61-57-53-49-45-41-16-14-12-10-8-6-4-2/h64-65,69-70H,3-63H2,1-2H3,(H,68,71). The van der Waals surface area contributed by atoms with Crippen molar-refractivity contribution in [2.24, 2.45) is 0 Å². The molecule has 436 valence electrons. The molecule has 2 atom stereocenters. The molecule has 0 aromatic heterocycles. The second-order valence-electron chi connectivity index (χ2n) is 23.5. The first-order valence-corrected chi connectivity index (χ1v) is 33.8. The van der Waals surface area contributed by atoms with Crippen molar-refractivity contribution < 1.29 is 24.5 Å². The van der Waals surface area contributed by atoms with Gasteiger partial charge in [-0.15, -0.1) is 0 Å². The molecule has 0 aliphatic heterocycles. The zero-order chi connectivity index (χ0) is 52.9. The van der Waals surface area contributed by atoms with Gasteiger partial charge in [-0.2, -0.15) is 0 Å². The Kier molecular flexibility index (Phi) is 62.4. The number of carbonyl (C=O) groups excluding carboxylic acids is 2. The predicted octanol–water partition coefficient (Wildman–Crippen LogP) is 21.4. The summed E-state index contributed by atoms with van der Waals surface area (Å²) in [6.45, 7) is 4.99. The van der Waals surface area contributed by atoms with E-state index < -0.39 is 12.1 Å². The molecule has 6 nitrogen and oxygen atoms in total. The third kappa shape index (κ3) is 60.0. The number of unbranched alkanes of at least 4 members (excludes halogenated alkanes) is 53. The maximum Gasteiger partial charge on any atom is 0.305 e. The number of ether oxygens (including phenoxy) is 1. The quantitative estimate of drug-likeness (QED) is 0.0417. The van der Waals surface area contributed by atoms with E-state index in [1.807, 2.05) is 0 Å². The van der Waals surface area contributed by atoms with Crippen LogP contribution in [0.4, 0.5) is 0 Å². The number of hydrogen-bond donors (Lipinski definition) is 3. The highest BCUT2D eigenvalue weighted by atomic mass is 16.5. The Morgan fingerprint density at radius 2 is 0.562 bits per heavy atom. The minimum atomic E-state index is -0.659. The van der Waals surface area contributed by atoms with Gasteiger partial charge in [0.05, 0.1) is 25.4 Å². The molecule has 0 saturated heterocycles. The number of rotatable bonds is 64. The number of nitrogens with one attached hydrogen (secondary N) is 1. The fourth-order valence-corrected chi connectivity index (χ4v) is 11.0. The minimum Gasteiger partial charge on any atom is -0.466 e. The molecule has 1 amide bonds. The van der Waals surface area contributed by atoms with Crippen molar-refractivity contribution in [2.75, 3.05) is 13.2 Å². The van der Waals surface area contributed by atoms with Crippen LogP contribution in [0.5, 0.6) is 0 Å². The topological polar surface area (TPSA) is 95.9 Å². The molecule has 0 spiro atoms. The third-order valence-corrected chi connectivity index (χ3v) is 16.2. The Morgan fingerprint density at radius 3 is 0.836 bits per heavy atom. The van der Waals surface area contributed by atoms with Gasteiger partial charge in [0.15, 0.2) is 0 Å². The molecule has 0 aliphatic carbocycles. The van der Waals surface area contributed by atoms with Crippen molar-refractivity contribution in [3.63, 3.8) is 0 Å². The Hall–Kier alpha value is -1.14. The van der Waals surface area contributed by atoms with E-state index in [1.54, 1.807) is 0 Å². The summed E-state index contributed by atoms with van der Waals surface area (Å²) in [5.41, 5.74) is 0. The number of amides is 1. The van der Waals surface area contributed by atoms with Crippen LogP contribution >= 0.6 is 0 Å². The molecule has 0 rings (SSSR count). The van der Waals surface area contributed by atoms with E-state index in [-0.39, 0.29) is 18.5 Å². The summed E-state index contributed by atoms with van der Waals surface area (Å²) in [6, 6.07) is -0.536. The number of esters is 1. The van der Waals surface area contributed by atoms with Gasteiger partial charge < -0.3 is 20.3 Å². The summed E-state index contributed by atoms with van der Waals surface area (Å²) in [4.78, 5) is 24.5. The van der Waals surface area contributed by atoms with Gasteiger partial charge in [-0.1, -0.05) is 354 Å². The second kappa shape index (κ2) is 63.4. The molecule has 0 saturated carbocycles. The van der Waals surface area contributed by atoms with Crippen molar-refractivity contribution in [2.45, 2.75) is 405 Å². The van der Waals surface area contributed by atoms with Gasteiger partial charge in [0, 0.05) is 12.8 Å². The van der Waals surface area contributed by atoms with Gasteiger partial charge in [0.1, 0.15) is 0 Å². The van der Waals surface area contributed by atoms with Crippen LogP contribution in [0.2, 0.25) is 0 Å². The monoisotopic (exact) mass is 1030 g/mol. The lowest BCUT2D eigenvalue weighted by Gasteiger charge is -2.22. The van der Waals surface area contributed by atoms with Crippen molar-refractivity contribution >= 4 is 11.9 Å². The van der Waals surface area contributed by atoms with Gasteiger partial charge in [-0.05, 0) is 25.7 Å². The molecular formula is C67H133NO5. The molecule has 0 heterocycles. The Balaban J connectivity index is 3.30. The van der Waals surface area contributed by atoms with Crippen molar-refractivity contribution in [3.05, 3.63) is 0 Å². The van der Waals surface area contributed by atoms with Crippen molar-refractivity contribution in [1.29, 1.82) is 0 Å². The second-order valence-corrected chi connectivity index (χ2v) is 23.5. The van der Waals surface area contributed by atoms with Crippen LogP contribution in [0.15, 0.2) is 0 Å². The summed E-state index contributed by atoms with van der Waals surface area (Å²) < 4.78 is 5.48. The lowest BCUT2D eigenvalue weighted by atomic mass is 10.0. The molecule has 6 heteroatoms. The number of aliphatic hydroxyl groups excluding tert-OH is 2. The number of hydrogen-bond acceptors (Lipinski definition) is 5. The molecular weight excluding hydrogens is 899 g/mol. The molecule has 0 aromatic rings. The van der Waals surface area contributed by atoms with Gasteiger partial charge in [-0.25, -0.2) is 0 Å². The highest BCUT2D eigenvalue weighted by Gasteiger charge is 2.20. The highest BCUT2D eigenvalue weighted by Crippen LogP contribution is 2.19. The van der Waals surface area contributed by atoms with Gasteiger partial charge in [0.2, 0.25) is 5.91 Å². The lowest BCUT2D eigenvalue weighted by Crippen LogP contribution is -2.45. The summed E-state index contributed by atoms with van der Waals surface area (Å²) >= 11 is 0. The van der Waals surface area contributed by atoms with E-state index in [0.717, 1.165) is 38.5 Å². The Labute approximate surface area is 457 Å². The summed E-state index contributed by atoms with van der Waals surface area (Å²) in [5.74, 6) is -0.00582. The molecule has 3 N–H and O–H groups in total. The smallest absolute Gasteiger partial charge is 0.305 e. The zero-order valence-corrected chi connectivity index (χ0v) is 49.9. The maximum absolute atomic E-state index is 12.5. The van der Waals surface area contributed by atoms with Gasteiger partial charge in [0.25, 0.3) is 0 Å². The first kappa shape index (κ1) is 71.9. The minimum absolute atomic E-state index is 0.0223. The van der Waals surface area contributed by atoms with E-state index in [9.17, 15) is 19.8 Å². The van der Waals surface area contributed by atoms with Crippen LogP contribution in [0.1, 0.15) is 393 Å². The number of carbonyl (C=O) groups is 2. The zero-order valence-electron chi connectivity index (χ0n) is 49.9. The largest absolute Gasteiger partial charge is 0.466 e. The SMILES string of the molecule is CCCCCCCCCCCCCCCC(O)C(CO)NC(=O)CCCCCCCCCCCCCCCCCCCCCCCCCCCCCCCCCOC(=O)CCCCCCCCCCCCCC. The van der Waals surface area contributed by atoms with Crippen LogP contribution in [-0.2, 0) is 14.3 Å². The first-order chi connectivity index (χ1) is 36.0. The van der Waals surface area contributed by atoms with E-state index >= 15 is 0 Å². The van der Waals surface area contributed by atoms with Crippen molar-refractivity contribution in [1.82, 2.24) is 5.32 Å². The lowest BCUT2D eigenvalue weighted by molar-refractivity contribution is -0.143. The molecule has 0 fully saturated rings. The van der Waals surface area contributed by atoms with Crippen LogP contribution < -0.4 is 5.32 Å². The number of aliphatic hydroxyl groups is 2. The predicted molar refractivity (Wildman–Crippen MR) is 320 cm³/mol. The fraction of sp³-hybridized carbons (Fsp3) is 0.970. The van der Waals surface area contributed by atoms with Crippen molar-refractivity contribution in [3.8, 4) is 0 Å². The summed E-state index contributed by atoms with van der Waals surface area (Å²) in [5, 5.41) is 23.3. The van der Waals surface area contributed by atoms with Crippen LogP contribution in [0.3, 0.4) is 0 Å². The molecule has 0 bridgehead atoms. The van der Waals surface area contributed by atoms with Crippen LogP contribution in [0, 0.1) is 0 Å². The molecule has 2 unspecified atom stereocenters. The molecule has 0 aromatic carbocycles. The van der Waals surface area contributed by atoms with E-state index in [0.29, 0.717) is 25.9 Å². The van der Waals surface area contributed by atoms with E-state index in [4.69, 9.17) is 4.74 Å². The van der Waals surface area contributed by atoms with Crippen LogP contribution in [-0.4, -0.2) is 47.4 Å². The maximum atomic E-state index is 12.5. The average Bonchev–Trinajstić information content (AvgIpc) is 3.39. The third-order valence-electron chi connectivity index (χ3n) is 16.2. The fourth-order valence-electron chi connectivity index (χ4n) is 11.0. The summed E-state index contributed by atoms with van der Waals surface area (Å²) in [7, 11) is 0.